The average molecular weight is 423 g/mol. The molecule has 162 valence electrons. The van der Waals surface area contributed by atoms with E-state index in [-0.39, 0.29) is 12.5 Å². The molecule has 8 nitrogen and oxygen atoms in total. The summed E-state index contributed by atoms with van der Waals surface area (Å²) in [5.74, 6) is -1.57. The number of carbonyl (C=O) groups is 4. The van der Waals surface area contributed by atoms with E-state index >= 15 is 0 Å². The highest BCUT2D eigenvalue weighted by Gasteiger charge is 2.22. The second-order valence-electron chi connectivity index (χ2n) is 7.37. The molecule has 31 heavy (non-hydrogen) atoms. The number of amides is 3. The van der Waals surface area contributed by atoms with E-state index in [2.05, 4.69) is 10.6 Å². The lowest BCUT2D eigenvalue weighted by molar-refractivity contribution is -0.152. The number of esters is 1. The molecule has 1 fully saturated rings. The van der Waals surface area contributed by atoms with E-state index in [9.17, 15) is 19.2 Å². The van der Waals surface area contributed by atoms with Gasteiger partial charge in [0, 0.05) is 29.9 Å². The maximum atomic E-state index is 12.3. The summed E-state index contributed by atoms with van der Waals surface area (Å²) in [6, 6.07) is 13.8. The zero-order valence-corrected chi connectivity index (χ0v) is 17.5. The Kier molecular flexibility index (Phi) is 7.02. The molecular formula is C23H25N3O5. The standard InChI is InChI=1S/C23H25N3O5/c1-15-5-9-18(10-6-15)25-22(29)16(2)31-21(28)14-24-23(30)17-7-11-19(12-8-17)26-13-3-4-20(26)27/h5-12,16H,3-4,13-14H2,1-2H3,(H,24,30)(H,25,29)/t16-/m0/s1. The van der Waals surface area contributed by atoms with Crippen LogP contribution < -0.4 is 15.5 Å². The molecule has 8 heteroatoms. The van der Waals surface area contributed by atoms with E-state index in [1.54, 1.807) is 41.3 Å². The predicted molar refractivity (Wildman–Crippen MR) is 116 cm³/mol. The Morgan fingerprint density at radius 1 is 1.06 bits per heavy atom. The average Bonchev–Trinajstić information content (AvgIpc) is 3.19. The summed E-state index contributed by atoms with van der Waals surface area (Å²) >= 11 is 0. The Morgan fingerprint density at radius 2 is 1.74 bits per heavy atom. The third kappa shape index (κ3) is 5.91. The Morgan fingerprint density at radius 3 is 2.35 bits per heavy atom. The third-order valence-electron chi connectivity index (χ3n) is 4.90. The molecule has 1 saturated heterocycles. The second-order valence-corrected chi connectivity index (χ2v) is 7.37. The molecule has 0 aliphatic carbocycles. The van der Waals surface area contributed by atoms with Crippen LogP contribution >= 0.6 is 0 Å². The summed E-state index contributed by atoms with van der Waals surface area (Å²) in [6.45, 7) is 3.70. The maximum absolute atomic E-state index is 12.3. The van der Waals surface area contributed by atoms with Crippen molar-refractivity contribution in [1.29, 1.82) is 0 Å². The van der Waals surface area contributed by atoms with Crippen LogP contribution in [0.1, 0.15) is 35.7 Å². The van der Waals surface area contributed by atoms with Gasteiger partial charge >= 0.3 is 5.97 Å². The fourth-order valence-electron chi connectivity index (χ4n) is 3.14. The van der Waals surface area contributed by atoms with E-state index < -0.39 is 23.9 Å². The van der Waals surface area contributed by atoms with Gasteiger partial charge in [0.15, 0.2) is 6.10 Å². The molecule has 0 unspecified atom stereocenters. The normalized spacial score (nSPS) is 14.1. The van der Waals surface area contributed by atoms with Crippen molar-refractivity contribution < 1.29 is 23.9 Å². The van der Waals surface area contributed by atoms with Crippen LogP contribution in [0.3, 0.4) is 0 Å². The van der Waals surface area contributed by atoms with Crippen molar-refractivity contribution in [2.45, 2.75) is 32.8 Å². The topological polar surface area (TPSA) is 105 Å². The monoisotopic (exact) mass is 423 g/mol. The van der Waals surface area contributed by atoms with Crippen LogP contribution in [0.5, 0.6) is 0 Å². The van der Waals surface area contributed by atoms with E-state index in [0.29, 0.717) is 24.2 Å². The Bertz CT molecular complexity index is 970. The minimum Gasteiger partial charge on any atom is -0.451 e. The largest absolute Gasteiger partial charge is 0.451 e. The fraction of sp³-hybridized carbons (Fsp3) is 0.304. The first-order chi connectivity index (χ1) is 14.8. The molecule has 0 spiro atoms. The molecule has 1 aliphatic heterocycles. The van der Waals surface area contributed by atoms with Crippen molar-refractivity contribution in [3.8, 4) is 0 Å². The zero-order valence-electron chi connectivity index (χ0n) is 17.5. The van der Waals surface area contributed by atoms with Crippen LogP contribution in [0.25, 0.3) is 0 Å². The first kappa shape index (κ1) is 22.0. The SMILES string of the molecule is Cc1ccc(NC(=O)[C@H](C)OC(=O)CNC(=O)c2ccc(N3CCCC3=O)cc2)cc1. The Labute approximate surface area is 180 Å². The zero-order chi connectivity index (χ0) is 22.4. The van der Waals surface area contributed by atoms with E-state index in [4.69, 9.17) is 4.74 Å². The minimum absolute atomic E-state index is 0.0699. The third-order valence-corrected chi connectivity index (χ3v) is 4.90. The van der Waals surface area contributed by atoms with Crippen LogP contribution in [-0.2, 0) is 19.1 Å². The second kappa shape index (κ2) is 9.88. The quantitative estimate of drug-likeness (QED) is 0.666. The Balaban J connectivity index is 1.45. The molecule has 3 rings (SSSR count). The lowest BCUT2D eigenvalue weighted by atomic mass is 10.2. The molecule has 2 aromatic carbocycles. The molecule has 2 N–H and O–H groups in total. The van der Waals surface area contributed by atoms with Gasteiger partial charge in [0.05, 0.1) is 0 Å². The minimum atomic E-state index is -1.01. The van der Waals surface area contributed by atoms with Gasteiger partial charge in [0.1, 0.15) is 6.54 Å². The molecule has 1 atom stereocenters. The van der Waals surface area contributed by atoms with Crippen LogP contribution in [0.2, 0.25) is 0 Å². The molecule has 1 aliphatic rings. The Hall–Kier alpha value is -3.68. The lowest BCUT2D eigenvalue weighted by Crippen LogP contribution is -2.35. The first-order valence-corrected chi connectivity index (χ1v) is 10.1. The van der Waals surface area contributed by atoms with Gasteiger partial charge in [-0.2, -0.15) is 0 Å². The summed E-state index contributed by atoms with van der Waals surface area (Å²) in [5, 5.41) is 5.14. The van der Waals surface area contributed by atoms with E-state index in [1.165, 1.54) is 6.92 Å². The number of anilines is 2. The number of nitrogens with one attached hydrogen (secondary N) is 2. The molecule has 0 bridgehead atoms. The predicted octanol–water partition coefficient (Wildman–Crippen LogP) is 2.42. The molecule has 0 aromatic heterocycles. The number of hydrogen-bond donors (Lipinski definition) is 2. The summed E-state index contributed by atoms with van der Waals surface area (Å²) in [7, 11) is 0. The van der Waals surface area contributed by atoms with Crippen molar-refractivity contribution in [2.24, 2.45) is 0 Å². The molecule has 0 saturated carbocycles. The van der Waals surface area contributed by atoms with E-state index in [1.807, 2.05) is 19.1 Å². The fourth-order valence-corrected chi connectivity index (χ4v) is 3.14. The summed E-state index contributed by atoms with van der Waals surface area (Å²) in [6.07, 6.45) is 0.346. The number of rotatable bonds is 7. The van der Waals surface area contributed by atoms with Crippen molar-refractivity contribution in [1.82, 2.24) is 5.32 Å². The van der Waals surface area contributed by atoms with Crippen molar-refractivity contribution in [3.63, 3.8) is 0 Å². The van der Waals surface area contributed by atoms with Crippen molar-refractivity contribution in [3.05, 3.63) is 59.7 Å². The van der Waals surface area contributed by atoms with Crippen molar-refractivity contribution >= 4 is 35.1 Å². The molecule has 1 heterocycles. The highest BCUT2D eigenvalue weighted by atomic mass is 16.5. The van der Waals surface area contributed by atoms with Crippen LogP contribution in [0, 0.1) is 6.92 Å². The summed E-state index contributed by atoms with van der Waals surface area (Å²) in [5.41, 5.74) is 2.76. The highest BCUT2D eigenvalue weighted by Crippen LogP contribution is 2.21. The van der Waals surface area contributed by atoms with Gasteiger partial charge in [-0.25, -0.2) is 0 Å². The number of hydrogen-bond acceptors (Lipinski definition) is 5. The van der Waals surface area contributed by atoms with Crippen LogP contribution in [0.15, 0.2) is 48.5 Å². The number of carbonyl (C=O) groups excluding carboxylic acids is 4. The summed E-state index contributed by atoms with van der Waals surface area (Å²) < 4.78 is 5.08. The molecule has 3 amide bonds. The van der Waals surface area contributed by atoms with Crippen molar-refractivity contribution in [2.75, 3.05) is 23.3 Å². The van der Waals surface area contributed by atoms with Gasteiger partial charge in [-0.05, 0) is 56.7 Å². The van der Waals surface area contributed by atoms with E-state index in [0.717, 1.165) is 17.7 Å². The maximum Gasteiger partial charge on any atom is 0.326 e. The highest BCUT2D eigenvalue weighted by molar-refractivity contribution is 5.99. The number of ether oxygens (including phenoxy) is 1. The summed E-state index contributed by atoms with van der Waals surface area (Å²) in [4.78, 5) is 49.9. The van der Waals surface area contributed by atoms with Gasteiger partial charge in [0.25, 0.3) is 11.8 Å². The van der Waals surface area contributed by atoms with Gasteiger partial charge < -0.3 is 20.3 Å². The molecule has 0 radical (unpaired) electrons. The van der Waals surface area contributed by atoms with Gasteiger partial charge in [0.2, 0.25) is 5.91 Å². The first-order valence-electron chi connectivity index (χ1n) is 10.1. The van der Waals surface area contributed by atoms with Gasteiger partial charge in [-0.15, -0.1) is 0 Å². The molecule has 2 aromatic rings. The lowest BCUT2D eigenvalue weighted by Gasteiger charge is -2.16. The van der Waals surface area contributed by atoms with Crippen LogP contribution in [-0.4, -0.2) is 42.9 Å². The number of benzene rings is 2. The van der Waals surface area contributed by atoms with Gasteiger partial charge in [-0.3, -0.25) is 19.2 Å². The van der Waals surface area contributed by atoms with Gasteiger partial charge in [-0.1, -0.05) is 17.7 Å². The molecular weight excluding hydrogens is 398 g/mol. The smallest absolute Gasteiger partial charge is 0.326 e. The number of nitrogens with zero attached hydrogens (tertiary/aromatic N) is 1. The number of aryl methyl sites for hydroxylation is 1. The van der Waals surface area contributed by atoms with Crippen LogP contribution in [0.4, 0.5) is 11.4 Å².